The van der Waals surface area contributed by atoms with Gasteiger partial charge in [0.2, 0.25) is 0 Å². The molecule has 0 unspecified atom stereocenters. The minimum Gasteiger partial charge on any atom is -0.465 e. The Labute approximate surface area is 91.0 Å². The quantitative estimate of drug-likeness (QED) is 0.335. The van der Waals surface area contributed by atoms with Gasteiger partial charge in [-0.15, -0.1) is 0 Å². The molecule has 0 N–H and O–H groups in total. The first kappa shape index (κ1) is 11.8. The zero-order valence-electron chi connectivity index (χ0n) is 8.72. The van der Waals surface area contributed by atoms with Crippen LogP contribution in [-0.2, 0) is 4.74 Å². The lowest BCUT2D eigenvalue weighted by atomic mass is 10.0. The first-order valence-electron chi connectivity index (χ1n) is 4.34. The molecule has 0 aliphatic heterocycles. The van der Waals surface area contributed by atoms with Gasteiger partial charge in [0.1, 0.15) is 5.56 Å². The number of hydrogen-bond donors (Lipinski definition) is 0. The molecule has 1 aromatic rings. The second-order valence-electron chi connectivity index (χ2n) is 3.06. The molecule has 0 heterocycles. The number of aldehydes is 1. The average molecular weight is 223 g/mol. The lowest BCUT2D eigenvalue weighted by molar-refractivity contribution is -0.385. The fourth-order valence-corrected chi connectivity index (χ4v) is 1.37. The van der Waals surface area contributed by atoms with Crippen molar-refractivity contribution in [2.24, 2.45) is 0 Å². The predicted molar refractivity (Wildman–Crippen MR) is 54.6 cm³/mol. The van der Waals surface area contributed by atoms with Gasteiger partial charge in [-0.1, -0.05) is 6.07 Å². The third-order valence-electron chi connectivity index (χ3n) is 2.13. The molecule has 6 nitrogen and oxygen atoms in total. The summed E-state index contributed by atoms with van der Waals surface area (Å²) in [6.45, 7) is 1.57. The highest BCUT2D eigenvalue weighted by Gasteiger charge is 2.23. The Hall–Kier alpha value is -2.24. The highest BCUT2D eigenvalue weighted by atomic mass is 16.6. The van der Waals surface area contributed by atoms with Crippen molar-refractivity contribution in [1.29, 1.82) is 0 Å². The molecule has 16 heavy (non-hydrogen) atoms. The van der Waals surface area contributed by atoms with Gasteiger partial charge in [-0.05, 0) is 12.5 Å². The first-order chi connectivity index (χ1) is 7.52. The Morgan fingerprint density at radius 1 is 1.50 bits per heavy atom. The number of nitrogens with zero attached hydrogens (tertiary/aromatic N) is 1. The van der Waals surface area contributed by atoms with E-state index in [9.17, 15) is 19.7 Å². The lowest BCUT2D eigenvalue weighted by Gasteiger charge is -2.06. The summed E-state index contributed by atoms with van der Waals surface area (Å²) < 4.78 is 4.47. The third kappa shape index (κ3) is 1.90. The van der Waals surface area contributed by atoms with Gasteiger partial charge >= 0.3 is 5.97 Å². The van der Waals surface area contributed by atoms with Crippen molar-refractivity contribution >= 4 is 17.9 Å². The number of aryl methyl sites for hydroxylation is 1. The van der Waals surface area contributed by atoms with E-state index in [4.69, 9.17) is 0 Å². The highest BCUT2D eigenvalue weighted by molar-refractivity contribution is 6.02. The molecule has 0 radical (unpaired) electrons. The zero-order chi connectivity index (χ0) is 12.3. The van der Waals surface area contributed by atoms with Crippen LogP contribution in [0.4, 0.5) is 5.69 Å². The van der Waals surface area contributed by atoms with Crippen molar-refractivity contribution in [2.75, 3.05) is 7.11 Å². The van der Waals surface area contributed by atoms with E-state index in [2.05, 4.69) is 4.74 Å². The Balaban J connectivity index is 3.56. The maximum absolute atomic E-state index is 11.4. The van der Waals surface area contributed by atoms with Crippen LogP contribution >= 0.6 is 0 Å². The van der Waals surface area contributed by atoms with Gasteiger partial charge in [0, 0.05) is 6.07 Å². The van der Waals surface area contributed by atoms with E-state index in [0.29, 0.717) is 5.56 Å². The van der Waals surface area contributed by atoms with Crippen molar-refractivity contribution in [3.63, 3.8) is 0 Å². The van der Waals surface area contributed by atoms with Gasteiger partial charge in [0.25, 0.3) is 5.69 Å². The number of methoxy groups -OCH3 is 1. The number of rotatable bonds is 3. The summed E-state index contributed by atoms with van der Waals surface area (Å²) in [7, 11) is 1.15. The van der Waals surface area contributed by atoms with Gasteiger partial charge in [0.05, 0.1) is 17.6 Å². The monoisotopic (exact) mass is 223 g/mol. The number of nitro benzene ring substituents is 1. The van der Waals surface area contributed by atoms with Crippen molar-refractivity contribution in [3.8, 4) is 0 Å². The Morgan fingerprint density at radius 3 is 2.56 bits per heavy atom. The van der Waals surface area contributed by atoms with E-state index in [1.807, 2.05) is 0 Å². The standard InChI is InChI=1S/C10H9NO5/c1-6-3-4-8(11(14)15)7(5-12)9(6)10(13)16-2/h3-5H,1-2H3. The van der Waals surface area contributed by atoms with Crippen LogP contribution in [0.2, 0.25) is 0 Å². The van der Waals surface area contributed by atoms with Crippen LogP contribution in [-0.4, -0.2) is 24.3 Å². The number of hydrogen-bond acceptors (Lipinski definition) is 5. The first-order valence-corrected chi connectivity index (χ1v) is 4.34. The number of esters is 1. The van der Waals surface area contributed by atoms with Crippen molar-refractivity contribution < 1.29 is 19.2 Å². The topological polar surface area (TPSA) is 86.5 Å². The highest BCUT2D eigenvalue weighted by Crippen LogP contribution is 2.24. The van der Waals surface area contributed by atoms with Crippen LogP contribution in [0.1, 0.15) is 26.3 Å². The summed E-state index contributed by atoms with van der Waals surface area (Å²) in [5, 5.41) is 10.6. The smallest absolute Gasteiger partial charge is 0.339 e. The predicted octanol–water partition coefficient (Wildman–Crippen LogP) is 1.50. The average Bonchev–Trinajstić information content (AvgIpc) is 2.26. The van der Waals surface area contributed by atoms with Crippen LogP contribution in [0.3, 0.4) is 0 Å². The van der Waals surface area contributed by atoms with Crippen LogP contribution in [0.15, 0.2) is 12.1 Å². The molecule has 0 saturated carbocycles. The third-order valence-corrected chi connectivity index (χ3v) is 2.13. The van der Waals surface area contributed by atoms with Crippen LogP contribution in [0.5, 0.6) is 0 Å². The molecule has 0 saturated heterocycles. The fourth-order valence-electron chi connectivity index (χ4n) is 1.37. The Morgan fingerprint density at radius 2 is 2.12 bits per heavy atom. The van der Waals surface area contributed by atoms with E-state index >= 15 is 0 Å². The number of ether oxygens (including phenoxy) is 1. The minimum atomic E-state index is -0.761. The van der Waals surface area contributed by atoms with Crippen molar-refractivity contribution in [2.45, 2.75) is 6.92 Å². The molecule has 0 aromatic heterocycles. The lowest BCUT2D eigenvalue weighted by Crippen LogP contribution is -2.10. The van der Waals surface area contributed by atoms with Crippen LogP contribution < -0.4 is 0 Å². The van der Waals surface area contributed by atoms with Crippen molar-refractivity contribution in [3.05, 3.63) is 38.9 Å². The summed E-state index contributed by atoms with van der Waals surface area (Å²) >= 11 is 0. The molecular formula is C10H9NO5. The fraction of sp³-hybridized carbons (Fsp3) is 0.200. The molecule has 1 rings (SSSR count). The van der Waals surface area contributed by atoms with Crippen molar-refractivity contribution in [1.82, 2.24) is 0 Å². The van der Waals surface area contributed by atoms with Crippen LogP contribution in [0.25, 0.3) is 0 Å². The van der Waals surface area contributed by atoms with Gasteiger partial charge in [-0.25, -0.2) is 4.79 Å². The number of nitro groups is 1. The normalized spacial score (nSPS) is 9.62. The number of carbonyl (C=O) groups is 2. The molecule has 6 heteroatoms. The number of benzene rings is 1. The Kier molecular flexibility index (Phi) is 3.34. The summed E-state index contributed by atoms with van der Waals surface area (Å²) in [5.41, 5.74) is -0.260. The van der Waals surface area contributed by atoms with E-state index in [1.165, 1.54) is 12.1 Å². The van der Waals surface area contributed by atoms with E-state index in [-0.39, 0.29) is 17.4 Å². The SMILES string of the molecule is COC(=O)c1c(C)ccc([N+](=O)[O-])c1C=O. The molecule has 0 aliphatic carbocycles. The van der Waals surface area contributed by atoms with Gasteiger partial charge < -0.3 is 4.74 Å². The maximum Gasteiger partial charge on any atom is 0.339 e. The molecule has 0 atom stereocenters. The maximum atomic E-state index is 11.4. The summed E-state index contributed by atoms with van der Waals surface area (Å²) in [5.74, 6) is -0.761. The molecule has 0 fully saturated rings. The van der Waals surface area contributed by atoms with Crippen LogP contribution in [0, 0.1) is 17.0 Å². The second kappa shape index (κ2) is 4.52. The van der Waals surface area contributed by atoms with E-state index in [1.54, 1.807) is 6.92 Å². The Bertz CT molecular complexity index is 467. The summed E-state index contributed by atoms with van der Waals surface area (Å²) in [4.78, 5) is 32.1. The van der Waals surface area contributed by atoms with E-state index in [0.717, 1.165) is 7.11 Å². The molecule has 0 spiro atoms. The molecule has 0 bridgehead atoms. The molecule has 0 amide bonds. The molecule has 84 valence electrons. The zero-order valence-corrected chi connectivity index (χ0v) is 8.72. The van der Waals surface area contributed by atoms with Gasteiger partial charge in [0.15, 0.2) is 6.29 Å². The van der Waals surface area contributed by atoms with E-state index < -0.39 is 16.6 Å². The summed E-state index contributed by atoms with van der Waals surface area (Å²) in [6, 6.07) is 2.59. The molecular weight excluding hydrogens is 214 g/mol. The largest absolute Gasteiger partial charge is 0.465 e. The van der Waals surface area contributed by atoms with Gasteiger partial charge in [-0.3, -0.25) is 14.9 Å². The molecule has 1 aromatic carbocycles. The summed E-state index contributed by atoms with van der Waals surface area (Å²) in [6.07, 6.45) is 0.289. The molecule has 0 aliphatic rings. The second-order valence-corrected chi connectivity index (χ2v) is 3.06. The minimum absolute atomic E-state index is 0.0632. The van der Waals surface area contributed by atoms with Gasteiger partial charge in [-0.2, -0.15) is 0 Å². The number of carbonyl (C=O) groups excluding carboxylic acids is 2.